The largest absolute Gasteiger partial charge is 0.497 e. The number of hydrogen-bond acceptors (Lipinski definition) is 10. The SMILES string of the molecule is CC[C@H](C)[C@H](NC(=O)OC(C)(C)C)C(=O)N(Cc1ccc(OC)cc1)C(C)(C)C(=O)N[C@@H](Cc1ccccc1)Cn1cc(CC(O)(C(=O)OC)C(F)(F)F)nn1. The number of hydrogen-bond donors (Lipinski definition) is 3. The van der Waals surface area contributed by atoms with Crippen LogP contribution in [0.2, 0.25) is 0 Å². The van der Waals surface area contributed by atoms with Crippen LogP contribution in [0.25, 0.3) is 0 Å². The van der Waals surface area contributed by atoms with Crippen molar-refractivity contribution in [2.75, 3.05) is 14.2 Å². The molecular formula is C39H53F3N6O8. The van der Waals surface area contributed by atoms with Crippen molar-refractivity contribution in [1.29, 1.82) is 0 Å². The number of rotatable bonds is 17. The van der Waals surface area contributed by atoms with Crippen LogP contribution in [0.3, 0.4) is 0 Å². The number of carbonyl (C=O) groups is 4. The molecule has 3 amide bonds. The van der Waals surface area contributed by atoms with Gasteiger partial charge in [0.2, 0.25) is 11.8 Å². The predicted octanol–water partition coefficient (Wildman–Crippen LogP) is 4.77. The van der Waals surface area contributed by atoms with Gasteiger partial charge in [0.05, 0.1) is 32.5 Å². The van der Waals surface area contributed by atoms with Gasteiger partial charge in [0.15, 0.2) is 0 Å². The summed E-state index contributed by atoms with van der Waals surface area (Å²) in [7, 11) is 2.25. The maximum absolute atomic E-state index is 14.6. The van der Waals surface area contributed by atoms with Gasteiger partial charge in [-0.3, -0.25) is 14.3 Å². The van der Waals surface area contributed by atoms with Gasteiger partial charge in [-0.2, -0.15) is 13.2 Å². The highest BCUT2D eigenvalue weighted by molar-refractivity contribution is 5.94. The minimum Gasteiger partial charge on any atom is -0.497 e. The molecule has 17 heteroatoms. The number of nitrogens with one attached hydrogen (secondary N) is 2. The van der Waals surface area contributed by atoms with Crippen LogP contribution in [-0.2, 0) is 49.8 Å². The Labute approximate surface area is 325 Å². The highest BCUT2D eigenvalue weighted by Gasteiger charge is 2.61. The summed E-state index contributed by atoms with van der Waals surface area (Å²) in [5.74, 6) is -2.81. The maximum Gasteiger partial charge on any atom is 0.428 e. The number of nitrogens with zero attached hydrogens (tertiary/aromatic N) is 4. The lowest BCUT2D eigenvalue weighted by Crippen LogP contribution is -2.63. The average Bonchev–Trinajstić information content (AvgIpc) is 3.57. The molecule has 0 bridgehead atoms. The molecule has 0 aliphatic carbocycles. The van der Waals surface area contributed by atoms with Gasteiger partial charge < -0.3 is 34.9 Å². The Hall–Kier alpha value is -5.19. The van der Waals surface area contributed by atoms with E-state index in [1.165, 1.54) is 16.7 Å². The Bertz CT molecular complexity index is 1780. The summed E-state index contributed by atoms with van der Waals surface area (Å²) in [4.78, 5) is 55.5. The van der Waals surface area contributed by atoms with E-state index in [4.69, 9.17) is 9.47 Å². The van der Waals surface area contributed by atoms with Gasteiger partial charge in [-0.15, -0.1) is 5.10 Å². The van der Waals surface area contributed by atoms with Gasteiger partial charge in [0, 0.05) is 19.2 Å². The standard InChI is InChI=1S/C39H53F3N6O8/c1-10-25(2)31(44-35(52)56-36(3,4)5)32(49)48(22-27-16-18-30(54-8)19-17-27)37(6,7)33(50)43-28(20-26-14-12-11-13-15-26)23-47-24-29(45-46-47)21-38(53,34(51)55-9)39(40,41)42/h11-19,24-25,28,31,53H,10,20-23H2,1-9H3,(H,43,50)(H,44,52)/t25-,28-,31-,38?/m0/s1. The summed E-state index contributed by atoms with van der Waals surface area (Å²) >= 11 is 0. The van der Waals surface area contributed by atoms with Crippen molar-refractivity contribution in [2.24, 2.45) is 5.92 Å². The van der Waals surface area contributed by atoms with Gasteiger partial charge in [-0.1, -0.05) is 67.9 Å². The lowest BCUT2D eigenvalue weighted by atomic mass is 9.93. The molecule has 3 aromatic rings. The number of methoxy groups -OCH3 is 2. The monoisotopic (exact) mass is 790 g/mol. The molecule has 0 spiro atoms. The smallest absolute Gasteiger partial charge is 0.428 e. The number of alkyl halides is 3. The number of carbonyl (C=O) groups excluding carboxylic acids is 4. The van der Waals surface area contributed by atoms with Gasteiger partial charge in [0.25, 0.3) is 5.60 Å². The van der Waals surface area contributed by atoms with Crippen LogP contribution in [0.1, 0.15) is 71.7 Å². The lowest BCUT2D eigenvalue weighted by Gasteiger charge is -2.41. The van der Waals surface area contributed by atoms with Crippen LogP contribution in [0.5, 0.6) is 5.75 Å². The molecule has 3 N–H and O–H groups in total. The molecule has 1 heterocycles. The van der Waals surface area contributed by atoms with Crippen LogP contribution < -0.4 is 15.4 Å². The number of ether oxygens (including phenoxy) is 3. The summed E-state index contributed by atoms with van der Waals surface area (Å²) in [6, 6.07) is 14.2. The van der Waals surface area contributed by atoms with Crippen molar-refractivity contribution in [2.45, 2.75) is 116 Å². The van der Waals surface area contributed by atoms with Crippen molar-refractivity contribution in [3.8, 4) is 5.75 Å². The van der Waals surface area contributed by atoms with E-state index in [0.717, 1.165) is 18.9 Å². The van der Waals surface area contributed by atoms with Gasteiger partial charge >= 0.3 is 18.2 Å². The van der Waals surface area contributed by atoms with Crippen LogP contribution in [0, 0.1) is 5.92 Å². The molecule has 3 rings (SSSR count). The summed E-state index contributed by atoms with van der Waals surface area (Å²) in [5.41, 5.74) is -5.15. The first-order valence-corrected chi connectivity index (χ1v) is 18.1. The normalized spacial score (nSPS) is 14.7. The number of benzene rings is 2. The van der Waals surface area contributed by atoms with Crippen molar-refractivity contribution in [3.05, 3.63) is 77.6 Å². The number of halogens is 3. The average molecular weight is 791 g/mol. The predicted molar refractivity (Wildman–Crippen MR) is 199 cm³/mol. The summed E-state index contributed by atoms with van der Waals surface area (Å²) in [5, 5.41) is 23.7. The topological polar surface area (TPSA) is 174 Å². The van der Waals surface area contributed by atoms with E-state index >= 15 is 0 Å². The molecule has 0 saturated heterocycles. The summed E-state index contributed by atoms with van der Waals surface area (Å²) in [6.45, 7) is 11.8. The minimum absolute atomic E-state index is 0.0374. The lowest BCUT2D eigenvalue weighted by molar-refractivity contribution is -0.261. The van der Waals surface area contributed by atoms with Crippen LogP contribution >= 0.6 is 0 Å². The summed E-state index contributed by atoms with van der Waals surface area (Å²) in [6.07, 6.45) is -5.55. The number of alkyl carbamates (subject to hydrolysis) is 1. The molecular weight excluding hydrogens is 737 g/mol. The van der Waals surface area contributed by atoms with Gasteiger partial charge in [-0.25, -0.2) is 9.59 Å². The van der Waals surface area contributed by atoms with Crippen molar-refractivity contribution in [1.82, 2.24) is 30.5 Å². The number of aromatic nitrogens is 3. The Balaban J connectivity index is 2.01. The van der Waals surface area contributed by atoms with E-state index in [9.17, 15) is 37.5 Å². The molecule has 0 aliphatic rings. The molecule has 1 unspecified atom stereocenters. The fourth-order valence-corrected chi connectivity index (χ4v) is 5.75. The molecule has 56 heavy (non-hydrogen) atoms. The third-order valence-corrected chi connectivity index (χ3v) is 9.23. The van der Waals surface area contributed by atoms with Crippen molar-refractivity contribution >= 4 is 23.9 Å². The first-order valence-electron chi connectivity index (χ1n) is 18.1. The van der Waals surface area contributed by atoms with Crippen LogP contribution in [-0.4, -0.2) is 98.1 Å². The number of aliphatic hydroxyl groups is 1. The highest BCUT2D eigenvalue weighted by atomic mass is 19.4. The van der Waals surface area contributed by atoms with Crippen molar-refractivity contribution in [3.63, 3.8) is 0 Å². The molecule has 0 fully saturated rings. The van der Waals surface area contributed by atoms with E-state index in [1.807, 2.05) is 32.0 Å². The fourth-order valence-electron chi connectivity index (χ4n) is 5.75. The zero-order valence-corrected chi connectivity index (χ0v) is 33.3. The minimum atomic E-state index is -5.37. The maximum atomic E-state index is 14.6. The molecule has 0 saturated carbocycles. The molecule has 308 valence electrons. The van der Waals surface area contributed by atoms with E-state index < -0.39 is 65.3 Å². The second-order valence-corrected chi connectivity index (χ2v) is 15.2. The second-order valence-electron chi connectivity index (χ2n) is 15.2. The van der Waals surface area contributed by atoms with E-state index in [0.29, 0.717) is 17.7 Å². The zero-order chi connectivity index (χ0) is 42.1. The molecule has 0 aliphatic heterocycles. The Morgan fingerprint density at radius 3 is 2.09 bits per heavy atom. The highest BCUT2D eigenvalue weighted by Crippen LogP contribution is 2.34. The van der Waals surface area contributed by atoms with Crippen LogP contribution in [0.4, 0.5) is 18.0 Å². The van der Waals surface area contributed by atoms with E-state index in [-0.39, 0.29) is 31.1 Å². The van der Waals surface area contributed by atoms with Crippen LogP contribution in [0.15, 0.2) is 60.8 Å². The molecule has 0 radical (unpaired) electrons. The fraction of sp³-hybridized carbons (Fsp3) is 0.538. The first kappa shape index (κ1) is 45.2. The summed E-state index contributed by atoms with van der Waals surface area (Å²) < 4.78 is 57.5. The Kier molecular flexibility index (Phi) is 15.0. The van der Waals surface area contributed by atoms with Gasteiger partial charge in [0.1, 0.15) is 22.9 Å². The third kappa shape index (κ3) is 11.9. The third-order valence-electron chi connectivity index (χ3n) is 9.23. The molecule has 1 aromatic heterocycles. The number of esters is 1. The first-order chi connectivity index (χ1) is 26.0. The quantitative estimate of drug-likeness (QED) is 0.162. The zero-order valence-electron chi connectivity index (χ0n) is 33.3. The Morgan fingerprint density at radius 1 is 0.929 bits per heavy atom. The Morgan fingerprint density at radius 2 is 1.55 bits per heavy atom. The van der Waals surface area contributed by atoms with E-state index in [1.54, 1.807) is 71.0 Å². The molecule has 14 nitrogen and oxygen atoms in total. The molecule has 4 atom stereocenters. The van der Waals surface area contributed by atoms with Crippen molar-refractivity contribution < 1.29 is 51.7 Å². The van der Waals surface area contributed by atoms with E-state index in [2.05, 4.69) is 25.7 Å². The molecule has 2 aromatic carbocycles. The second kappa shape index (κ2) is 18.6. The number of amides is 3. The van der Waals surface area contributed by atoms with Gasteiger partial charge in [-0.05, 0) is 70.2 Å².